The average molecular weight is 247 g/mol. The second kappa shape index (κ2) is 5.71. The highest BCUT2D eigenvalue weighted by molar-refractivity contribution is 5.46. The normalized spacial score (nSPS) is 12.6. The molecule has 0 spiro atoms. The summed E-state index contributed by atoms with van der Waals surface area (Å²) in [5.41, 5.74) is 2.43. The van der Waals surface area contributed by atoms with Crippen LogP contribution in [0.15, 0.2) is 18.5 Å². The lowest BCUT2D eigenvalue weighted by molar-refractivity contribution is 0.545. The number of rotatable bonds is 6. The second-order valence-electron chi connectivity index (χ2n) is 4.63. The number of nitrogens with zero attached hydrogens (tertiary/aromatic N) is 3. The van der Waals surface area contributed by atoms with Crippen LogP contribution in [0.25, 0.3) is 0 Å². The van der Waals surface area contributed by atoms with E-state index in [2.05, 4.69) is 41.4 Å². The van der Waals surface area contributed by atoms with Gasteiger partial charge in [0.1, 0.15) is 0 Å². The maximum absolute atomic E-state index is 4.31. The van der Waals surface area contributed by atoms with Crippen LogP contribution in [-0.2, 0) is 13.0 Å². The van der Waals surface area contributed by atoms with Gasteiger partial charge in [-0.1, -0.05) is 6.92 Å². The fraction of sp³-hybridized carbons (Fsp3) is 0.538. The molecule has 2 N–H and O–H groups in total. The van der Waals surface area contributed by atoms with Crippen molar-refractivity contribution in [3.8, 4) is 0 Å². The Kier molecular flexibility index (Phi) is 4.02. The summed E-state index contributed by atoms with van der Waals surface area (Å²) in [7, 11) is 0. The lowest BCUT2D eigenvalue weighted by Gasteiger charge is -2.13. The number of hydrogen-bond acceptors (Lipinski definition) is 3. The first-order valence-corrected chi connectivity index (χ1v) is 6.48. The highest BCUT2D eigenvalue weighted by atomic mass is 15.3. The molecule has 2 aromatic heterocycles. The molecule has 0 radical (unpaired) electrons. The predicted molar refractivity (Wildman–Crippen MR) is 72.6 cm³/mol. The topological polar surface area (TPSA) is 58.5 Å². The van der Waals surface area contributed by atoms with Crippen molar-refractivity contribution in [2.24, 2.45) is 0 Å². The number of aryl methyl sites for hydroxylation is 2. The third-order valence-corrected chi connectivity index (χ3v) is 3.20. The molecular formula is C13H21N5. The van der Waals surface area contributed by atoms with Gasteiger partial charge in [-0.25, -0.2) is 0 Å². The van der Waals surface area contributed by atoms with Crippen LogP contribution < -0.4 is 5.32 Å². The fourth-order valence-electron chi connectivity index (χ4n) is 1.98. The van der Waals surface area contributed by atoms with Gasteiger partial charge in [0, 0.05) is 36.2 Å². The minimum absolute atomic E-state index is 0.376. The highest BCUT2D eigenvalue weighted by Crippen LogP contribution is 2.16. The largest absolute Gasteiger partial charge is 0.366 e. The minimum atomic E-state index is 0.376. The Hall–Kier alpha value is -1.78. The first kappa shape index (κ1) is 12.7. The van der Waals surface area contributed by atoms with Crippen molar-refractivity contribution in [3.05, 3.63) is 29.7 Å². The SMILES string of the molecule is CCc1[nH]nc(N[C@@H](C)CCn2cccn2)c1C. The first-order valence-electron chi connectivity index (χ1n) is 6.48. The fourth-order valence-corrected chi connectivity index (χ4v) is 1.98. The smallest absolute Gasteiger partial charge is 0.151 e. The van der Waals surface area contributed by atoms with Gasteiger partial charge >= 0.3 is 0 Å². The summed E-state index contributed by atoms with van der Waals surface area (Å²) in [4.78, 5) is 0. The van der Waals surface area contributed by atoms with Gasteiger partial charge in [0.15, 0.2) is 5.82 Å². The molecule has 2 rings (SSSR count). The van der Waals surface area contributed by atoms with Crippen LogP contribution in [0.2, 0.25) is 0 Å². The van der Waals surface area contributed by atoms with Crippen molar-refractivity contribution in [2.75, 3.05) is 5.32 Å². The Morgan fingerprint density at radius 2 is 2.33 bits per heavy atom. The number of aromatic nitrogens is 4. The van der Waals surface area contributed by atoms with Crippen LogP contribution in [-0.4, -0.2) is 26.0 Å². The Morgan fingerprint density at radius 3 is 2.94 bits per heavy atom. The molecule has 98 valence electrons. The summed E-state index contributed by atoms with van der Waals surface area (Å²) in [6, 6.07) is 2.32. The van der Waals surface area contributed by atoms with Crippen LogP contribution in [0.3, 0.4) is 0 Å². The van der Waals surface area contributed by atoms with Gasteiger partial charge in [0.25, 0.3) is 0 Å². The molecular weight excluding hydrogens is 226 g/mol. The lowest BCUT2D eigenvalue weighted by Crippen LogP contribution is -2.18. The quantitative estimate of drug-likeness (QED) is 0.824. The third kappa shape index (κ3) is 2.91. The number of hydrogen-bond donors (Lipinski definition) is 2. The van der Waals surface area contributed by atoms with E-state index >= 15 is 0 Å². The zero-order chi connectivity index (χ0) is 13.0. The van der Waals surface area contributed by atoms with Gasteiger partial charge in [0.2, 0.25) is 0 Å². The Balaban J connectivity index is 1.86. The van der Waals surface area contributed by atoms with Crippen molar-refractivity contribution in [1.29, 1.82) is 0 Å². The molecule has 0 aliphatic heterocycles. The van der Waals surface area contributed by atoms with E-state index in [1.807, 2.05) is 23.1 Å². The highest BCUT2D eigenvalue weighted by Gasteiger charge is 2.10. The van der Waals surface area contributed by atoms with E-state index in [9.17, 15) is 0 Å². The monoisotopic (exact) mass is 247 g/mol. The first-order chi connectivity index (χ1) is 8.70. The number of aromatic amines is 1. The summed E-state index contributed by atoms with van der Waals surface area (Å²) in [5.74, 6) is 0.972. The average Bonchev–Trinajstić information content (AvgIpc) is 2.98. The van der Waals surface area contributed by atoms with Gasteiger partial charge in [0.05, 0.1) is 0 Å². The molecule has 0 fully saturated rings. The summed E-state index contributed by atoms with van der Waals surface area (Å²) in [6.07, 6.45) is 5.81. The van der Waals surface area contributed by atoms with E-state index in [1.54, 1.807) is 0 Å². The Morgan fingerprint density at radius 1 is 1.50 bits per heavy atom. The molecule has 0 bridgehead atoms. The molecule has 18 heavy (non-hydrogen) atoms. The van der Waals surface area contributed by atoms with E-state index in [-0.39, 0.29) is 0 Å². The summed E-state index contributed by atoms with van der Waals surface area (Å²) in [6.45, 7) is 7.32. The van der Waals surface area contributed by atoms with E-state index in [1.165, 1.54) is 11.3 Å². The Labute approximate surface area is 108 Å². The third-order valence-electron chi connectivity index (χ3n) is 3.20. The Bertz CT molecular complexity index is 472. The van der Waals surface area contributed by atoms with Crippen LogP contribution in [0, 0.1) is 6.92 Å². The van der Waals surface area contributed by atoms with Gasteiger partial charge in [-0.15, -0.1) is 0 Å². The van der Waals surface area contributed by atoms with E-state index < -0.39 is 0 Å². The van der Waals surface area contributed by atoms with E-state index in [4.69, 9.17) is 0 Å². The van der Waals surface area contributed by atoms with Crippen molar-refractivity contribution >= 4 is 5.82 Å². The number of H-pyrrole nitrogens is 1. The molecule has 0 aromatic carbocycles. The molecule has 5 heteroatoms. The standard InChI is InChI=1S/C13H21N5/c1-4-12-11(3)13(17-16-12)15-10(2)6-9-18-8-5-7-14-18/h5,7-8,10H,4,6,9H2,1-3H3,(H2,15,16,17)/t10-/m0/s1. The molecule has 0 aliphatic carbocycles. The molecule has 0 saturated carbocycles. The van der Waals surface area contributed by atoms with Gasteiger partial charge < -0.3 is 5.32 Å². The zero-order valence-corrected chi connectivity index (χ0v) is 11.3. The van der Waals surface area contributed by atoms with Crippen LogP contribution in [0.5, 0.6) is 0 Å². The summed E-state index contributed by atoms with van der Waals surface area (Å²) >= 11 is 0. The molecule has 5 nitrogen and oxygen atoms in total. The minimum Gasteiger partial charge on any atom is -0.366 e. The van der Waals surface area contributed by atoms with Crippen molar-refractivity contribution in [3.63, 3.8) is 0 Å². The van der Waals surface area contributed by atoms with E-state index in [0.29, 0.717) is 6.04 Å². The molecule has 0 aliphatic rings. The van der Waals surface area contributed by atoms with Crippen molar-refractivity contribution in [1.82, 2.24) is 20.0 Å². The maximum Gasteiger partial charge on any atom is 0.151 e. The molecule has 2 heterocycles. The van der Waals surface area contributed by atoms with Crippen LogP contribution in [0.4, 0.5) is 5.82 Å². The lowest BCUT2D eigenvalue weighted by atomic mass is 10.2. The van der Waals surface area contributed by atoms with Gasteiger partial charge in [-0.2, -0.15) is 10.2 Å². The molecule has 1 atom stereocenters. The zero-order valence-electron chi connectivity index (χ0n) is 11.3. The van der Waals surface area contributed by atoms with Gasteiger partial charge in [-0.3, -0.25) is 9.78 Å². The number of anilines is 1. The second-order valence-corrected chi connectivity index (χ2v) is 4.63. The van der Waals surface area contributed by atoms with E-state index in [0.717, 1.165) is 25.2 Å². The summed E-state index contributed by atoms with van der Waals surface area (Å²) in [5, 5.41) is 15.0. The molecule has 0 saturated heterocycles. The van der Waals surface area contributed by atoms with Crippen molar-refractivity contribution in [2.45, 2.75) is 46.2 Å². The molecule has 2 aromatic rings. The van der Waals surface area contributed by atoms with Crippen molar-refractivity contribution < 1.29 is 0 Å². The predicted octanol–water partition coefficient (Wildman–Crippen LogP) is 2.37. The van der Waals surface area contributed by atoms with Gasteiger partial charge in [-0.05, 0) is 32.8 Å². The maximum atomic E-state index is 4.31. The number of nitrogens with one attached hydrogen (secondary N) is 2. The van der Waals surface area contributed by atoms with Crippen LogP contribution >= 0.6 is 0 Å². The van der Waals surface area contributed by atoms with Crippen LogP contribution in [0.1, 0.15) is 31.5 Å². The molecule has 0 unspecified atom stereocenters. The summed E-state index contributed by atoms with van der Waals surface area (Å²) < 4.78 is 1.95. The molecule has 0 amide bonds.